The minimum Gasteiger partial charge on any atom is -0.378 e. The molecule has 1 unspecified atom stereocenters. The molecule has 0 radical (unpaired) electrons. The maximum Gasteiger partial charge on any atom is 0.0579 e. The molecule has 2 rings (SSSR count). The van der Waals surface area contributed by atoms with E-state index in [2.05, 4.69) is 6.08 Å². The number of hydrogen-bond donors (Lipinski definition) is 1. The number of ether oxygens (including phenoxy) is 1. The number of allylic oxidation sites excluding steroid dienone is 1. The van der Waals surface area contributed by atoms with Gasteiger partial charge in [0.15, 0.2) is 0 Å². The first kappa shape index (κ1) is 9.22. The molecular formula is C11H19NO. The van der Waals surface area contributed by atoms with Gasteiger partial charge in [0.25, 0.3) is 0 Å². The van der Waals surface area contributed by atoms with Gasteiger partial charge >= 0.3 is 0 Å². The van der Waals surface area contributed by atoms with Crippen molar-refractivity contribution >= 4 is 0 Å². The zero-order valence-corrected chi connectivity index (χ0v) is 8.17. The van der Waals surface area contributed by atoms with Crippen LogP contribution in [0.5, 0.6) is 0 Å². The van der Waals surface area contributed by atoms with E-state index < -0.39 is 0 Å². The highest BCUT2D eigenvalue weighted by Gasteiger charge is 2.18. The predicted molar refractivity (Wildman–Crippen MR) is 53.5 cm³/mol. The lowest BCUT2D eigenvalue weighted by molar-refractivity contribution is 0.105. The maximum absolute atomic E-state index is 5.70. The molecule has 74 valence electrons. The summed E-state index contributed by atoms with van der Waals surface area (Å²) in [6.45, 7) is 0.978. The molecule has 0 bridgehead atoms. The molecule has 0 amide bonds. The maximum atomic E-state index is 5.70. The summed E-state index contributed by atoms with van der Waals surface area (Å²) >= 11 is 0. The topological polar surface area (TPSA) is 35.2 Å². The smallest absolute Gasteiger partial charge is 0.0579 e. The highest BCUT2D eigenvalue weighted by molar-refractivity contribution is 5.15. The third-order valence-electron chi connectivity index (χ3n) is 2.99. The van der Waals surface area contributed by atoms with Gasteiger partial charge in [0.1, 0.15) is 0 Å². The zero-order chi connectivity index (χ0) is 9.10. The Morgan fingerprint density at radius 2 is 2.31 bits per heavy atom. The highest BCUT2D eigenvalue weighted by atomic mass is 16.5. The fourth-order valence-electron chi connectivity index (χ4n) is 2.13. The van der Waals surface area contributed by atoms with E-state index in [-0.39, 0.29) is 0 Å². The summed E-state index contributed by atoms with van der Waals surface area (Å²) in [6, 6.07) is 0.453. The quantitative estimate of drug-likeness (QED) is 0.676. The average Bonchev–Trinajstić information content (AvgIpc) is 2.53. The lowest BCUT2D eigenvalue weighted by atomic mass is 9.86. The van der Waals surface area contributed by atoms with Crippen LogP contribution in [0.15, 0.2) is 11.6 Å². The van der Waals surface area contributed by atoms with Gasteiger partial charge in [-0.15, -0.1) is 0 Å². The summed E-state index contributed by atoms with van der Waals surface area (Å²) < 4.78 is 5.55. The van der Waals surface area contributed by atoms with Crippen molar-refractivity contribution in [1.82, 2.24) is 0 Å². The molecule has 1 saturated heterocycles. The molecule has 2 fully saturated rings. The Morgan fingerprint density at radius 3 is 2.92 bits per heavy atom. The van der Waals surface area contributed by atoms with Crippen LogP contribution in [0.25, 0.3) is 0 Å². The monoisotopic (exact) mass is 181 g/mol. The van der Waals surface area contributed by atoms with Gasteiger partial charge in [-0.2, -0.15) is 0 Å². The van der Waals surface area contributed by atoms with Gasteiger partial charge in [0, 0.05) is 12.6 Å². The Balaban J connectivity index is 1.60. The molecule has 1 aliphatic heterocycles. The Labute approximate surface area is 80.1 Å². The van der Waals surface area contributed by atoms with Gasteiger partial charge in [-0.1, -0.05) is 11.6 Å². The van der Waals surface area contributed by atoms with Crippen molar-refractivity contribution in [2.45, 2.75) is 50.7 Å². The van der Waals surface area contributed by atoms with Gasteiger partial charge in [-0.3, -0.25) is 0 Å². The molecule has 1 heterocycles. The van der Waals surface area contributed by atoms with Gasteiger partial charge in [0.05, 0.1) is 6.10 Å². The third kappa shape index (κ3) is 2.55. The normalized spacial score (nSPS) is 33.2. The number of hydrogen-bond acceptors (Lipinski definition) is 2. The third-order valence-corrected chi connectivity index (χ3v) is 2.99. The first-order chi connectivity index (χ1) is 6.34. The molecule has 2 aliphatic rings. The molecule has 2 heteroatoms. The summed E-state index contributed by atoms with van der Waals surface area (Å²) in [5.41, 5.74) is 7.26. The molecule has 13 heavy (non-hydrogen) atoms. The van der Waals surface area contributed by atoms with E-state index >= 15 is 0 Å². The van der Waals surface area contributed by atoms with Gasteiger partial charge in [-0.25, -0.2) is 0 Å². The number of rotatable bonds is 3. The van der Waals surface area contributed by atoms with Gasteiger partial charge in [0.2, 0.25) is 0 Å². The van der Waals surface area contributed by atoms with Crippen molar-refractivity contribution < 1.29 is 4.74 Å². The lowest BCUT2D eigenvalue weighted by Crippen LogP contribution is -2.30. The van der Waals surface area contributed by atoms with Crippen LogP contribution in [-0.4, -0.2) is 18.8 Å². The Bertz CT molecular complexity index is 186. The van der Waals surface area contributed by atoms with Crippen LogP contribution in [0, 0.1) is 0 Å². The van der Waals surface area contributed by atoms with Crippen LogP contribution < -0.4 is 5.73 Å². The zero-order valence-electron chi connectivity index (χ0n) is 8.17. The lowest BCUT2D eigenvalue weighted by Gasteiger charge is -2.25. The fourth-order valence-corrected chi connectivity index (χ4v) is 2.13. The first-order valence-corrected chi connectivity index (χ1v) is 5.39. The average molecular weight is 181 g/mol. The van der Waals surface area contributed by atoms with Crippen LogP contribution in [0.1, 0.15) is 38.5 Å². The Hall–Kier alpha value is -0.340. The van der Waals surface area contributed by atoms with E-state index in [0.29, 0.717) is 12.1 Å². The van der Waals surface area contributed by atoms with E-state index in [1.165, 1.54) is 25.7 Å². The standard InChI is InChI=1S/C11H19NO/c12-10-7-9(8-10)3-1-4-11-5-2-6-13-11/h3,10-11H,1-2,4-8,12H2. The van der Waals surface area contributed by atoms with Crippen molar-refractivity contribution in [2.75, 3.05) is 6.61 Å². The summed E-state index contributed by atoms with van der Waals surface area (Å²) in [4.78, 5) is 0. The van der Waals surface area contributed by atoms with E-state index in [9.17, 15) is 0 Å². The van der Waals surface area contributed by atoms with Crippen LogP contribution in [0.3, 0.4) is 0 Å². The molecular weight excluding hydrogens is 162 g/mol. The summed E-state index contributed by atoms with van der Waals surface area (Å²) in [5, 5.41) is 0. The largest absolute Gasteiger partial charge is 0.378 e. The second-order valence-corrected chi connectivity index (χ2v) is 4.24. The number of nitrogens with two attached hydrogens (primary N) is 1. The molecule has 0 aromatic carbocycles. The van der Waals surface area contributed by atoms with E-state index in [1.54, 1.807) is 5.57 Å². The van der Waals surface area contributed by atoms with Crippen molar-refractivity contribution in [3.8, 4) is 0 Å². The highest BCUT2D eigenvalue weighted by Crippen LogP contribution is 2.26. The molecule has 0 spiro atoms. The van der Waals surface area contributed by atoms with E-state index in [4.69, 9.17) is 10.5 Å². The molecule has 0 aromatic rings. The van der Waals surface area contributed by atoms with E-state index in [1.807, 2.05) is 0 Å². The van der Waals surface area contributed by atoms with Crippen molar-refractivity contribution in [2.24, 2.45) is 5.73 Å². The first-order valence-electron chi connectivity index (χ1n) is 5.39. The SMILES string of the molecule is NC1CC(=CCCC2CCCO2)C1. The molecule has 0 aromatic heterocycles. The minimum atomic E-state index is 0.453. The van der Waals surface area contributed by atoms with Crippen LogP contribution >= 0.6 is 0 Å². The summed E-state index contributed by atoms with van der Waals surface area (Å²) in [6.07, 6.45) is 10.1. The molecule has 2 N–H and O–H groups in total. The van der Waals surface area contributed by atoms with Crippen LogP contribution in [0.4, 0.5) is 0 Å². The van der Waals surface area contributed by atoms with Crippen molar-refractivity contribution in [3.63, 3.8) is 0 Å². The Kier molecular flexibility index (Phi) is 3.01. The van der Waals surface area contributed by atoms with Crippen LogP contribution in [-0.2, 0) is 4.74 Å². The van der Waals surface area contributed by atoms with Crippen LogP contribution in [0.2, 0.25) is 0 Å². The molecule has 1 atom stereocenters. The predicted octanol–water partition coefficient (Wildman–Crippen LogP) is 1.99. The van der Waals surface area contributed by atoms with Crippen molar-refractivity contribution in [1.29, 1.82) is 0 Å². The van der Waals surface area contributed by atoms with Gasteiger partial charge < -0.3 is 10.5 Å². The molecule has 2 nitrogen and oxygen atoms in total. The summed E-state index contributed by atoms with van der Waals surface area (Å²) in [5.74, 6) is 0. The second kappa shape index (κ2) is 4.25. The summed E-state index contributed by atoms with van der Waals surface area (Å²) in [7, 11) is 0. The Morgan fingerprint density at radius 1 is 1.46 bits per heavy atom. The minimum absolute atomic E-state index is 0.453. The second-order valence-electron chi connectivity index (χ2n) is 4.24. The van der Waals surface area contributed by atoms with Crippen molar-refractivity contribution in [3.05, 3.63) is 11.6 Å². The molecule has 1 saturated carbocycles. The van der Waals surface area contributed by atoms with Gasteiger partial charge in [-0.05, 0) is 38.5 Å². The molecule has 1 aliphatic carbocycles. The fraction of sp³-hybridized carbons (Fsp3) is 0.818. The van der Waals surface area contributed by atoms with E-state index in [0.717, 1.165) is 19.4 Å².